The predicted octanol–water partition coefficient (Wildman–Crippen LogP) is 5.06. The van der Waals surface area contributed by atoms with Gasteiger partial charge in [-0.25, -0.2) is 15.0 Å². The summed E-state index contributed by atoms with van der Waals surface area (Å²) in [6.45, 7) is 0.465. The Hall–Kier alpha value is -3.80. The molecule has 0 spiro atoms. The molecule has 3 aromatic heterocycles. The highest BCUT2D eigenvalue weighted by atomic mass is 35.5. The van der Waals surface area contributed by atoms with Crippen LogP contribution in [0.1, 0.15) is 21.6 Å². The molecule has 0 bridgehead atoms. The molecule has 9 heteroatoms. The molecule has 0 aliphatic heterocycles. The van der Waals surface area contributed by atoms with Gasteiger partial charge in [-0.2, -0.15) is 5.26 Å². The van der Waals surface area contributed by atoms with Gasteiger partial charge in [0.1, 0.15) is 23.0 Å². The molecule has 7 nitrogen and oxygen atoms in total. The zero-order valence-corrected chi connectivity index (χ0v) is 18.2. The van der Waals surface area contributed by atoms with Crippen molar-refractivity contribution in [2.24, 2.45) is 0 Å². The average Bonchev–Trinajstić information content (AvgIpc) is 3.42. The number of para-hydroxylation sites is 2. The SMILES string of the molecule is N#Cc1c(NC(=O)c2ccccc2Cl)n(CCc2cscn2)c2nc3ccccc3nc12. The Labute approximate surface area is 191 Å². The van der Waals surface area contributed by atoms with E-state index in [1.807, 2.05) is 34.2 Å². The number of carbonyl (C=O) groups is 1. The molecule has 0 radical (unpaired) electrons. The van der Waals surface area contributed by atoms with Crippen LogP contribution in [0.2, 0.25) is 5.02 Å². The number of hydrogen-bond acceptors (Lipinski definition) is 6. The third-order valence-electron chi connectivity index (χ3n) is 5.09. The number of benzene rings is 2. The molecule has 0 aliphatic rings. The Balaban J connectivity index is 1.67. The highest BCUT2D eigenvalue weighted by Crippen LogP contribution is 2.30. The van der Waals surface area contributed by atoms with Crippen molar-refractivity contribution in [1.29, 1.82) is 5.26 Å². The van der Waals surface area contributed by atoms with E-state index in [9.17, 15) is 10.1 Å². The first kappa shape index (κ1) is 20.1. The van der Waals surface area contributed by atoms with Crippen LogP contribution in [-0.4, -0.2) is 25.4 Å². The molecule has 0 saturated heterocycles. The number of aromatic nitrogens is 4. The summed E-state index contributed by atoms with van der Waals surface area (Å²) in [5, 5.41) is 15.2. The maximum Gasteiger partial charge on any atom is 0.258 e. The minimum atomic E-state index is -0.408. The van der Waals surface area contributed by atoms with E-state index in [0.717, 1.165) is 5.69 Å². The van der Waals surface area contributed by atoms with Gasteiger partial charge in [0.15, 0.2) is 5.65 Å². The second-order valence-electron chi connectivity index (χ2n) is 7.04. The molecule has 156 valence electrons. The second-order valence-corrected chi connectivity index (χ2v) is 8.16. The normalized spacial score (nSPS) is 11.0. The topological polar surface area (TPSA) is 96.5 Å². The highest BCUT2D eigenvalue weighted by molar-refractivity contribution is 7.07. The molecule has 2 aromatic carbocycles. The van der Waals surface area contributed by atoms with E-state index in [-0.39, 0.29) is 5.56 Å². The molecule has 0 fully saturated rings. The Kier molecular flexibility index (Phi) is 5.27. The van der Waals surface area contributed by atoms with Crippen LogP contribution >= 0.6 is 22.9 Å². The highest BCUT2D eigenvalue weighted by Gasteiger charge is 2.23. The lowest BCUT2D eigenvalue weighted by Gasteiger charge is -2.12. The van der Waals surface area contributed by atoms with Gasteiger partial charge in [0.05, 0.1) is 32.8 Å². The van der Waals surface area contributed by atoms with Gasteiger partial charge in [-0.15, -0.1) is 11.3 Å². The molecule has 5 aromatic rings. The quantitative estimate of drug-likeness (QED) is 0.397. The molecular weight excluding hydrogens is 444 g/mol. The van der Waals surface area contributed by atoms with Crippen LogP contribution in [0, 0.1) is 11.3 Å². The lowest BCUT2D eigenvalue weighted by molar-refractivity contribution is 0.102. The third-order valence-corrected chi connectivity index (χ3v) is 6.05. The van der Waals surface area contributed by atoms with Gasteiger partial charge in [-0.1, -0.05) is 35.9 Å². The van der Waals surface area contributed by atoms with Gasteiger partial charge in [-0.05, 0) is 24.3 Å². The van der Waals surface area contributed by atoms with Crippen molar-refractivity contribution >= 4 is 56.9 Å². The van der Waals surface area contributed by atoms with Crippen LogP contribution in [0.5, 0.6) is 0 Å². The summed E-state index contributed by atoms with van der Waals surface area (Å²) < 4.78 is 1.82. The van der Waals surface area contributed by atoms with Gasteiger partial charge >= 0.3 is 0 Å². The van der Waals surface area contributed by atoms with Crippen LogP contribution in [0.3, 0.4) is 0 Å². The first-order valence-electron chi connectivity index (χ1n) is 9.77. The number of nitrogens with one attached hydrogen (secondary N) is 1. The second kappa shape index (κ2) is 8.38. The monoisotopic (exact) mass is 458 g/mol. The molecule has 1 N–H and O–H groups in total. The fourth-order valence-corrected chi connectivity index (χ4v) is 4.38. The summed E-state index contributed by atoms with van der Waals surface area (Å²) >= 11 is 7.73. The number of halogens is 1. The van der Waals surface area contributed by atoms with E-state index in [1.54, 1.807) is 29.8 Å². The maximum absolute atomic E-state index is 13.0. The molecule has 0 saturated carbocycles. The summed E-state index contributed by atoms with van der Waals surface area (Å²) in [6.07, 6.45) is 0.613. The van der Waals surface area contributed by atoms with E-state index in [4.69, 9.17) is 16.6 Å². The minimum Gasteiger partial charge on any atom is -0.309 e. The molecule has 5 rings (SSSR count). The summed E-state index contributed by atoms with van der Waals surface area (Å²) in [6, 6.07) is 16.4. The third kappa shape index (κ3) is 3.58. The fraction of sp³-hybridized carbons (Fsp3) is 0.0870. The van der Waals surface area contributed by atoms with Gasteiger partial charge in [0, 0.05) is 18.3 Å². The van der Waals surface area contributed by atoms with Crippen molar-refractivity contribution in [3.8, 4) is 6.07 Å². The lowest BCUT2D eigenvalue weighted by atomic mass is 10.2. The van der Waals surface area contributed by atoms with Crippen molar-refractivity contribution in [1.82, 2.24) is 19.5 Å². The Morgan fingerprint density at radius 2 is 1.88 bits per heavy atom. The zero-order valence-electron chi connectivity index (χ0n) is 16.6. The molecule has 0 atom stereocenters. The van der Waals surface area contributed by atoms with Crippen LogP contribution < -0.4 is 5.32 Å². The number of fused-ring (bicyclic) bond motifs is 2. The first-order valence-corrected chi connectivity index (χ1v) is 11.1. The van der Waals surface area contributed by atoms with Gasteiger partial charge in [0.25, 0.3) is 5.91 Å². The van der Waals surface area contributed by atoms with Crippen molar-refractivity contribution in [3.63, 3.8) is 0 Å². The van der Waals surface area contributed by atoms with Gasteiger partial charge < -0.3 is 9.88 Å². The van der Waals surface area contributed by atoms with Gasteiger partial charge in [-0.3, -0.25) is 4.79 Å². The Morgan fingerprint density at radius 3 is 2.59 bits per heavy atom. The zero-order chi connectivity index (χ0) is 22.1. The van der Waals surface area contributed by atoms with Gasteiger partial charge in [0.2, 0.25) is 0 Å². The Morgan fingerprint density at radius 1 is 1.12 bits per heavy atom. The average molecular weight is 459 g/mol. The smallest absolute Gasteiger partial charge is 0.258 e. The van der Waals surface area contributed by atoms with Crippen LogP contribution in [0.4, 0.5) is 5.82 Å². The van der Waals surface area contributed by atoms with Crippen molar-refractivity contribution in [3.05, 3.63) is 81.3 Å². The van der Waals surface area contributed by atoms with E-state index in [1.165, 1.54) is 11.3 Å². The number of aryl methyl sites for hydroxylation is 2. The predicted molar refractivity (Wildman–Crippen MR) is 125 cm³/mol. The molecule has 1 amide bonds. The van der Waals surface area contributed by atoms with Crippen molar-refractivity contribution in [2.75, 3.05) is 5.32 Å². The summed E-state index contributed by atoms with van der Waals surface area (Å²) in [5.74, 6) is -0.0627. The first-order chi connectivity index (χ1) is 15.7. The summed E-state index contributed by atoms with van der Waals surface area (Å²) in [4.78, 5) is 26.8. The number of nitrogens with zero attached hydrogens (tertiary/aromatic N) is 5. The Bertz CT molecular complexity index is 1500. The van der Waals surface area contributed by atoms with E-state index < -0.39 is 5.91 Å². The maximum atomic E-state index is 13.0. The van der Waals surface area contributed by atoms with E-state index in [0.29, 0.717) is 51.6 Å². The number of carbonyl (C=O) groups excluding carboxylic acids is 1. The van der Waals surface area contributed by atoms with Crippen molar-refractivity contribution in [2.45, 2.75) is 13.0 Å². The van der Waals surface area contributed by atoms with E-state index >= 15 is 0 Å². The molecule has 32 heavy (non-hydrogen) atoms. The molecule has 3 heterocycles. The molecule has 0 unspecified atom stereocenters. The molecular formula is C23H15ClN6OS. The minimum absolute atomic E-state index is 0.261. The number of anilines is 1. The number of amides is 1. The lowest BCUT2D eigenvalue weighted by Crippen LogP contribution is -2.17. The largest absolute Gasteiger partial charge is 0.309 e. The summed E-state index contributed by atoms with van der Waals surface area (Å²) in [7, 11) is 0. The van der Waals surface area contributed by atoms with Crippen LogP contribution in [0.15, 0.2) is 59.4 Å². The van der Waals surface area contributed by atoms with E-state index in [2.05, 4.69) is 21.4 Å². The van der Waals surface area contributed by atoms with Crippen LogP contribution in [-0.2, 0) is 13.0 Å². The number of hydrogen-bond donors (Lipinski definition) is 1. The summed E-state index contributed by atoms with van der Waals surface area (Å²) in [5.41, 5.74) is 5.64. The fourth-order valence-electron chi connectivity index (χ4n) is 3.56. The standard InChI is InChI=1S/C23H15ClN6OS/c24-17-6-2-1-5-15(17)23(31)29-21-16(11-25)20-22(28-19-8-4-3-7-18(19)27-20)30(21)10-9-14-12-32-13-26-14/h1-8,12-13H,9-10H2,(H,29,31). The van der Waals surface area contributed by atoms with Crippen molar-refractivity contribution < 1.29 is 4.79 Å². The number of rotatable bonds is 5. The van der Waals surface area contributed by atoms with Crippen LogP contribution in [0.25, 0.3) is 22.2 Å². The number of nitriles is 1. The number of thiazole rings is 1. The molecule has 0 aliphatic carbocycles.